The number of hydrogen-bond donors (Lipinski definition) is 2. The highest BCUT2D eigenvalue weighted by Gasteiger charge is 2.52. The van der Waals surface area contributed by atoms with Gasteiger partial charge in [0, 0.05) is 6.92 Å². The molecular weight excluding hydrogens is 801 g/mol. The van der Waals surface area contributed by atoms with E-state index in [4.69, 9.17) is 33.2 Å². The Morgan fingerprint density at radius 1 is 0.565 bits per heavy atom. The van der Waals surface area contributed by atoms with Crippen molar-refractivity contribution >= 4 is 35.9 Å². The van der Waals surface area contributed by atoms with Crippen molar-refractivity contribution in [3.63, 3.8) is 0 Å². The average molecular weight is 845 g/mol. The van der Waals surface area contributed by atoms with E-state index in [0.29, 0.717) is 11.1 Å². The van der Waals surface area contributed by atoms with Gasteiger partial charge >= 0.3 is 30.0 Å². The van der Waals surface area contributed by atoms with E-state index in [9.17, 15) is 28.8 Å². The number of ether oxygens (including phenoxy) is 7. The Balaban J connectivity index is 1.31. The third kappa shape index (κ3) is 12.8. The van der Waals surface area contributed by atoms with E-state index in [1.165, 1.54) is 43.3 Å². The fourth-order valence-electron chi connectivity index (χ4n) is 6.29. The molecule has 15 nitrogen and oxygen atoms in total. The van der Waals surface area contributed by atoms with Crippen molar-refractivity contribution in [2.45, 2.75) is 56.8 Å². The molecule has 0 aromatic heterocycles. The fourth-order valence-corrected chi connectivity index (χ4v) is 6.29. The average Bonchev–Trinajstić information content (AvgIpc) is 3.31. The third-order valence-electron chi connectivity index (χ3n) is 9.35. The largest absolute Gasteiger partial charge is 0.459 e. The van der Waals surface area contributed by atoms with Gasteiger partial charge in [-0.1, -0.05) is 115 Å². The molecule has 0 saturated carbocycles. The summed E-state index contributed by atoms with van der Waals surface area (Å²) in [5.41, 5.74) is 1.82. The minimum atomic E-state index is -1.61. The standard InChI is InChI=1S/C47H44N2O13/c1-31(50)48-39-41(62-44(53)36-25-15-6-16-26-36)40(61-43(52)35-23-13-5-14-24-35)38(30-57-42(51)34-21-11-4-12-22-34)60-46(39)58-29-37(45(54)56-27-32-17-7-2-8-18-32)49-47(55)59-28-33-19-9-3-10-20-33/h2-26,37-41,46H,27-30H2,1H3,(H,48,50)(H,49,55)/t37-,38+,39+,40-,41+,46-/m0/s1. The zero-order valence-corrected chi connectivity index (χ0v) is 33.5. The van der Waals surface area contributed by atoms with Crippen LogP contribution in [0.15, 0.2) is 152 Å². The van der Waals surface area contributed by atoms with Crippen molar-refractivity contribution in [2.75, 3.05) is 13.2 Å². The Labute approximate surface area is 357 Å². The summed E-state index contributed by atoms with van der Waals surface area (Å²) in [6, 6.07) is 38.7. The van der Waals surface area contributed by atoms with Gasteiger partial charge < -0.3 is 43.8 Å². The highest BCUT2D eigenvalue weighted by molar-refractivity contribution is 5.91. The second-order valence-electron chi connectivity index (χ2n) is 13.9. The summed E-state index contributed by atoms with van der Waals surface area (Å²) in [7, 11) is 0. The highest BCUT2D eigenvalue weighted by atomic mass is 16.7. The van der Waals surface area contributed by atoms with Crippen LogP contribution >= 0.6 is 0 Å². The van der Waals surface area contributed by atoms with Crippen LogP contribution in [0.1, 0.15) is 49.1 Å². The first-order valence-electron chi connectivity index (χ1n) is 19.6. The molecule has 0 bridgehead atoms. The van der Waals surface area contributed by atoms with Gasteiger partial charge in [-0.3, -0.25) is 4.79 Å². The van der Waals surface area contributed by atoms with Crippen LogP contribution in [0.25, 0.3) is 0 Å². The zero-order valence-electron chi connectivity index (χ0n) is 33.5. The van der Waals surface area contributed by atoms with Gasteiger partial charge in [-0.05, 0) is 47.5 Å². The van der Waals surface area contributed by atoms with Crippen LogP contribution in [0.3, 0.4) is 0 Å². The lowest BCUT2D eigenvalue weighted by Crippen LogP contribution is -2.67. The molecule has 2 N–H and O–H groups in total. The zero-order chi connectivity index (χ0) is 43.7. The van der Waals surface area contributed by atoms with Crippen molar-refractivity contribution in [1.82, 2.24) is 10.6 Å². The molecule has 1 aliphatic heterocycles. The Hall–Kier alpha value is -7.36. The summed E-state index contributed by atoms with van der Waals surface area (Å²) in [6.07, 6.45) is -7.09. The lowest BCUT2D eigenvalue weighted by Gasteiger charge is -2.45. The van der Waals surface area contributed by atoms with E-state index in [1.807, 2.05) is 6.07 Å². The summed E-state index contributed by atoms with van der Waals surface area (Å²) in [5.74, 6) is -4.00. The van der Waals surface area contributed by atoms with Gasteiger partial charge in [0.1, 0.15) is 32.0 Å². The number of benzene rings is 5. The molecule has 1 saturated heterocycles. The molecule has 62 heavy (non-hydrogen) atoms. The third-order valence-corrected chi connectivity index (χ3v) is 9.35. The van der Waals surface area contributed by atoms with Crippen LogP contribution in [0, 0.1) is 0 Å². The maximum Gasteiger partial charge on any atom is 0.408 e. The Kier molecular flexibility index (Phi) is 15.9. The first-order valence-corrected chi connectivity index (χ1v) is 19.6. The SMILES string of the molecule is CC(=O)N[C@H]1[C@@H](OC[C@H](NC(=O)OCc2ccccc2)C(=O)OCc2ccccc2)O[C@H](COC(=O)c2ccccc2)[C@H](OC(=O)c2ccccc2)[C@@H]1OC(=O)c1ccccc1. The monoisotopic (exact) mass is 844 g/mol. The molecule has 2 amide bonds. The topological polar surface area (TPSA) is 191 Å². The fraction of sp³-hybridized carbons (Fsp3) is 0.234. The van der Waals surface area contributed by atoms with E-state index < -0.39 is 85.8 Å². The molecule has 0 radical (unpaired) electrons. The number of hydrogen-bond acceptors (Lipinski definition) is 13. The van der Waals surface area contributed by atoms with Crippen LogP contribution < -0.4 is 10.6 Å². The molecule has 320 valence electrons. The van der Waals surface area contributed by atoms with E-state index in [0.717, 1.165) is 0 Å². The van der Waals surface area contributed by atoms with Gasteiger partial charge in [-0.2, -0.15) is 0 Å². The first kappa shape index (κ1) is 44.2. The molecule has 5 aromatic rings. The normalized spacial score (nSPS) is 18.5. The highest BCUT2D eigenvalue weighted by Crippen LogP contribution is 2.30. The number of carbonyl (C=O) groups excluding carboxylic acids is 6. The molecule has 5 aromatic carbocycles. The maximum atomic E-state index is 13.8. The first-order chi connectivity index (χ1) is 30.1. The number of rotatable bonds is 17. The van der Waals surface area contributed by atoms with E-state index in [2.05, 4.69) is 10.6 Å². The molecule has 1 aliphatic rings. The van der Waals surface area contributed by atoms with Crippen LogP contribution in [0.5, 0.6) is 0 Å². The number of alkyl carbamates (subject to hydrolysis) is 1. The van der Waals surface area contributed by atoms with Gasteiger partial charge in [0.15, 0.2) is 24.5 Å². The minimum absolute atomic E-state index is 0.114. The predicted octanol–water partition coefficient (Wildman–Crippen LogP) is 5.58. The van der Waals surface area contributed by atoms with Gasteiger partial charge in [0.2, 0.25) is 5.91 Å². The number of carbonyl (C=O) groups is 6. The van der Waals surface area contributed by atoms with Crippen LogP contribution in [0.2, 0.25) is 0 Å². The molecule has 0 aliphatic carbocycles. The lowest BCUT2D eigenvalue weighted by molar-refractivity contribution is -0.270. The van der Waals surface area contributed by atoms with Crippen LogP contribution in [-0.2, 0) is 56.0 Å². The Morgan fingerprint density at radius 2 is 1.02 bits per heavy atom. The molecule has 6 atom stereocenters. The Bertz CT molecular complexity index is 2250. The predicted molar refractivity (Wildman–Crippen MR) is 220 cm³/mol. The summed E-state index contributed by atoms with van der Waals surface area (Å²) in [6.45, 7) is -0.277. The van der Waals surface area contributed by atoms with Crippen molar-refractivity contribution in [2.24, 2.45) is 0 Å². The van der Waals surface area contributed by atoms with Gasteiger partial charge in [0.25, 0.3) is 0 Å². The lowest BCUT2D eigenvalue weighted by atomic mass is 9.95. The summed E-state index contributed by atoms with van der Waals surface area (Å²) in [5, 5.41) is 5.16. The number of nitrogens with one attached hydrogen (secondary N) is 2. The Morgan fingerprint density at radius 3 is 1.52 bits per heavy atom. The summed E-state index contributed by atoms with van der Waals surface area (Å²) in [4.78, 5) is 80.3. The van der Waals surface area contributed by atoms with Gasteiger partial charge in [-0.15, -0.1) is 0 Å². The van der Waals surface area contributed by atoms with Crippen LogP contribution in [0.4, 0.5) is 4.79 Å². The molecule has 6 rings (SSSR count). The van der Waals surface area contributed by atoms with Crippen molar-refractivity contribution in [1.29, 1.82) is 0 Å². The molecule has 1 fully saturated rings. The quantitative estimate of drug-likeness (QED) is 0.0873. The smallest absolute Gasteiger partial charge is 0.408 e. The molecular formula is C47H44N2O13. The molecule has 1 heterocycles. The minimum Gasteiger partial charge on any atom is -0.459 e. The maximum absolute atomic E-state index is 13.8. The second kappa shape index (κ2) is 22.3. The van der Waals surface area contributed by atoms with Crippen molar-refractivity contribution in [3.05, 3.63) is 179 Å². The molecule has 15 heteroatoms. The van der Waals surface area contributed by atoms with Gasteiger partial charge in [0.05, 0.1) is 23.3 Å². The second-order valence-corrected chi connectivity index (χ2v) is 13.9. The van der Waals surface area contributed by atoms with Crippen LogP contribution in [-0.4, -0.2) is 85.8 Å². The molecule has 0 unspecified atom stereocenters. The van der Waals surface area contributed by atoms with Gasteiger partial charge in [-0.25, -0.2) is 24.0 Å². The number of esters is 4. The van der Waals surface area contributed by atoms with Crippen molar-refractivity contribution in [3.8, 4) is 0 Å². The van der Waals surface area contributed by atoms with E-state index >= 15 is 0 Å². The van der Waals surface area contributed by atoms with E-state index in [-0.39, 0.29) is 29.9 Å². The summed E-state index contributed by atoms with van der Waals surface area (Å²) < 4.78 is 41.2. The van der Waals surface area contributed by atoms with E-state index in [1.54, 1.807) is 109 Å². The number of amides is 2. The summed E-state index contributed by atoms with van der Waals surface area (Å²) >= 11 is 0. The van der Waals surface area contributed by atoms with Crippen molar-refractivity contribution < 1.29 is 61.9 Å². The molecule has 0 spiro atoms.